The Morgan fingerprint density at radius 1 is 0.929 bits per heavy atom. The van der Waals surface area contributed by atoms with E-state index >= 15 is 0 Å². The van der Waals surface area contributed by atoms with Gasteiger partial charge in [-0.25, -0.2) is 0 Å². The van der Waals surface area contributed by atoms with Crippen molar-refractivity contribution >= 4 is 23.0 Å². The van der Waals surface area contributed by atoms with Gasteiger partial charge in [-0.05, 0) is 59.5 Å². The first-order valence-electron chi connectivity index (χ1n) is 9.00. The van der Waals surface area contributed by atoms with Crippen molar-refractivity contribution < 1.29 is 4.79 Å². The van der Waals surface area contributed by atoms with Crippen LogP contribution in [-0.4, -0.2) is 10.9 Å². The number of nitrogens with one attached hydrogen (secondary N) is 2. The molecule has 0 aliphatic heterocycles. The molecule has 0 saturated carbocycles. The molecule has 5 nitrogen and oxygen atoms in total. The smallest absolute Gasteiger partial charge is 0.274 e. The first kappa shape index (κ1) is 19.1. The van der Waals surface area contributed by atoms with E-state index in [9.17, 15) is 4.79 Å². The van der Waals surface area contributed by atoms with Gasteiger partial charge < -0.3 is 10.6 Å². The van der Waals surface area contributed by atoms with E-state index in [1.54, 1.807) is 30.5 Å². The normalized spacial score (nSPS) is 10.8. The lowest BCUT2D eigenvalue weighted by Crippen LogP contribution is -2.15. The molecule has 140 valence electrons. The van der Waals surface area contributed by atoms with Crippen molar-refractivity contribution in [2.45, 2.75) is 26.2 Å². The number of pyridine rings is 1. The molecule has 1 heterocycles. The van der Waals surface area contributed by atoms with Crippen LogP contribution in [0.25, 0.3) is 0 Å². The van der Waals surface area contributed by atoms with Crippen LogP contribution in [0.3, 0.4) is 0 Å². The van der Waals surface area contributed by atoms with E-state index < -0.39 is 0 Å². The molecular weight excluding hydrogens is 348 g/mol. The van der Waals surface area contributed by atoms with Crippen molar-refractivity contribution in [1.29, 1.82) is 5.26 Å². The summed E-state index contributed by atoms with van der Waals surface area (Å²) in [4.78, 5) is 16.7. The molecule has 0 spiro atoms. The van der Waals surface area contributed by atoms with Crippen molar-refractivity contribution in [3.63, 3.8) is 0 Å². The van der Waals surface area contributed by atoms with Gasteiger partial charge in [0.15, 0.2) is 0 Å². The van der Waals surface area contributed by atoms with Crippen LogP contribution >= 0.6 is 0 Å². The third kappa shape index (κ3) is 4.74. The molecule has 0 atom stereocenters. The molecule has 5 heteroatoms. The zero-order valence-electron chi connectivity index (χ0n) is 16.2. The van der Waals surface area contributed by atoms with Gasteiger partial charge in [0.05, 0.1) is 11.6 Å². The monoisotopic (exact) mass is 370 g/mol. The summed E-state index contributed by atoms with van der Waals surface area (Å²) in [5, 5.41) is 15.0. The average molecular weight is 370 g/mol. The maximum atomic E-state index is 12.5. The Kier molecular flexibility index (Phi) is 5.42. The van der Waals surface area contributed by atoms with Gasteiger partial charge in [-0.3, -0.25) is 9.78 Å². The Hall–Kier alpha value is -3.65. The van der Waals surface area contributed by atoms with Crippen molar-refractivity contribution in [3.8, 4) is 6.07 Å². The fourth-order valence-corrected chi connectivity index (χ4v) is 2.68. The Labute approximate surface area is 165 Å². The predicted molar refractivity (Wildman–Crippen MR) is 112 cm³/mol. The second kappa shape index (κ2) is 7.93. The Bertz CT molecular complexity index is 1010. The number of carbonyl (C=O) groups is 1. The fourth-order valence-electron chi connectivity index (χ4n) is 2.68. The lowest BCUT2D eigenvalue weighted by Gasteiger charge is -2.19. The minimum Gasteiger partial charge on any atom is -0.355 e. The summed E-state index contributed by atoms with van der Waals surface area (Å²) in [6.45, 7) is 6.45. The number of hydrogen-bond donors (Lipinski definition) is 2. The number of aromatic nitrogens is 1. The van der Waals surface area contributed by atoms with Gasteiger partial charge in [-0.1, -0.05) is 32.9 Å². The highest BCUT2D eigenvalue weighted by atomic mass is 16.1. The SMILES string of the molecule is CC(C)(C)c1ccc(NC(=O)c2cc(Nc3ccc(C#N)cc3)ccn2)cc1. The summed E-state index contributed by atoms with van der Waals surface area (Å²) in [7, 11) is 0. The van der Waals surface area contributed by atoms with Gasteiger partial charge in [0.2, 0.25) is 0 Å². The Balaban J connectivity index is 1.70. The first-order valence-corrected chi connectivity index (χ1v) is 9.00. The zero-order valence-corrected chi connectivity index (χ0v) is 16.2. The highest BCUT2D eigenvalue weighted by Crippen LogP contribution is 2.24. The number of anilines is 3. The van der Waals surface area contributed by atoms with Crippen LogP contribution in [0.5, 0.6) is 0 Å². The van der Waals surface area contributed by atoms with Crippen molar-refractivity contribution in [2.75, 3.05) is 10.6 Å². The Morgan fingerprint density at radius 3 is 2.18 bits per heavy atom. The van der Waals surface area contributed by atoms with E-state index in [4.69, 9.17) is 5.26 Å². The molecule has 0 aliphatic rings. The average Bonchev–Trinajstić information content (AvgIpc) is 2.68. The number of carbonyl (C=O) groups excluding carboxylic acids is 1. The topological polar surface area (TPSA) is 77.8 Å². The molecule has 0 radical (unpaired) electrons. The summed E-state index contributed by atoms with van der Waals surface area (Å²) < 4.78 is 0. The number of nitriles is 1. The summed E-state index contributed by atoms with van der Waals surface area (Å²) >= 11 is 0. The van der Waals surface area contributed by atoms with Gasteiger partial charge in [0.25, 0.3) is 5.91 Å². The molecule has 2 N–H and O–H groups in total. The molecule has 0 saturated heterocycles. The first-order chi connectivity index (χ1) is 13.3. The molecular formula is C23H22N4O. The van der Waals surface area contributed by atoms with E-state index in [0.29, 0.717) is 11.3 Å². The van der Waals surface area contributed by atoms with Crippen molar-refractivity contribution in [1.82, 2.24) is 4.98 Å². The van der Waals surface area contributed by atoms with Crippen LogP contribution < -0.4 is 10.6 Å². The summed E-state index contributed by atoms with van der Waals surface area (Å²) in [5.74, 6) is -0.271. The number of benzene rings is 2. The van der Waals surface area contributed by atoms with Crippen LogP contribution in [0.4, 0.5) is 17.1 Å². The van der Waals surface area contributed by atoms with Gasteiger partial charge in [0, 0.05) is 23.3 Å². The fraction of sp³-hybridized carbons (Fsp3) is 0.174. The molecule has 3 aromatic rings. The van der Waals surface area contributed by atoms with E-state index in [1.165, 1.54) is 5.56 Å². The third-order valence-electron chi connectivity index (χ3n) is 4.30. The van der Waals surface area contributed by atoms with E-state index in [-0.39, 0.29) is 11.3 Å². The van der Waals surface area contributed by atoms with Crippen LogP contribution in [0.1, 0.15) is 42.4 Å². The van der Waals surface area contributed by atoms with E-state index in [2.05, 4.69) is 42.5 Å². The largest absolute Gasteiger partial charge is 0.355 e. The molecule has 0 unspecified atom stereocenters. The minimum absolute atomic E-state index is 0.0650. The third-order valence-corrected chi connectivity index (χ3v) is 4.30. The molecule has 1 aromatic heterocycles. The lowest BCUT2D eigenvalue weighted by atomic mass is 9.87. The highest BCUT2D eigenvalue weighted by molar-refractivity contribution is 6.03. The summed E-state index contributed by atoms with van der Waals surface area (Å²) in [6, 6.07) is 20.5. The van der Waals surface area contributed by atoms with Crippen molar-refractivity contribution in [2.24, 2.45) is 0 Å². The highest BCUT2D eigenvalue weighted by Gasteiger charge is 2.14. The maximum Gasteiger partial charge on any atom is 0.274 e. The number of hydrogen-bond acceptors (Lipinski definition) is 4. The van der Waals surface area contributed by atoms with Gasteiger partial charge in [0.1, 0.15) is 5.69 Å². The summed E-state index contributed by atoms with van der Waals surface area (Å²) in [5.41, 5.74) is 4.48. The van der Waals surface area contributed by atoms with Crippen molar-refractivity contribution in [3.05, 3.63) is 83.7 Å². The standard InChI is InChI=1S/C23H22N4O/c1-23(2,3)17-6-10-19(11-7-17)27-22(28)21-14-20(12-13-25-21)26-18-8-4-16(15-24)5-9-18/h4-14H,1-3H3,(H,25,26)(H,27,28). The summed E-state index contributed by atoms with van der Waals surface area (Å²) in [6.07, 6.45) is 1.59. The second-order valence-corrected chi connectivity index (χ2v) is 7.53. The second-order valence-electron chi connectivity index (χ2n) is 7.53. The predicted octanol–water partition coefficient (Wildman–Crippen LogP) is 5.25. The quantitative estimate of drug-likeness (QED) is 0.658. The molecule has 0 bridgehead atoms. The molecule has 2 aromatic carbocycles. The number of rotatable bonds is 4. The van der Waals surface area contributed by atoms with Crippen LogP contribution in [0.15, 0.2) is 66.9 Å². The molecule has 1 amide bonds. The van der Waals surface area contributed by atoms with Crippen LogP contribution in [-0.2, 0) is 5.41 Å². The molecule has 0 aliphatic carbocycles. The van der Waals surface area contributed by atoms with Gasteiger partial charge >= 0.3 is 0 Å². The van der Waals surface area contributed by atoms with Gasteiger partial charge in [-0.15, -0.1) is 0 Å². The molecule has 0 fully saturated rings. The van der Waals surface area contributed by atoms with Crippen LogP contribution in [0, 0.1) is 11.3 Å². The maximum absolute atomic E-state index is 12.5. The van der Waals surface area contributed by atoms with E-state index in [1.807, 2.05) is 36.4 Å². The molecule has 3 rings (SSSR count). The zero-order chi connectivity index (χ0) is 20.1. The molecule has 28 heavy (non-hydrogen) atoms. The Morgan fingerprint density at radius 2 is 1.57 bits per heavy atom. The van der Waals surface area contributed by atoms with E-state index in [0.717, 1.165) is 17.1 Å². The minimum atomic E-state index is -0.271. The van der Waals surface area contributed by atoms with Gasteiger partial charge in [-0.2, -0.15) is 5.26 Å². The number of amides is 1. The number of nitrogens with zero attached hydrogens (tertiary/aromatic N) is 2. The lowest BCUT2D eigenvalue weighted by molar-refractivity contribution is 0.102. The van der Waals surface area contributed by atoms with Crippen LogP contribution in [0.2, 0.25) is 0 Å².